The van der Waals surface area contributed by atoms with Crippen LogP contribution in [0, 0.1) is 19.8 Å². The van der Waals surface area contributed by atoms with Crippen LogP contribution in [0.4, 0.5) is 11.6 Å². The zero-order valence-electron chi connectivity index (χ0n) is 12.0. The third-order valence-electron chi connectivity index (χ3n) is 3.95. The molecule has 1 saturated carbocycles. The first-order chi connectivity index (χ1) is 8.89. The fourth-order valence-corrected chi connectivity index (χ4v) is 2.86. The average Bonchev–Trinajstić information content (AvgIpc) is 2.31. The third kappa shape index (κ3) is 3.35. The lowest BCUT2D eigenvalue weighted by atomic mass is 9.79. The molecular weight excluding hydrogens is 240 g/mol. The summed E-state index contributed by atoms with van der Waals surface area (Å²) in [4.78, 5) is 8.48. The molecule has 0 aromatic carbocycles. The molecule has 0 bridgehead atoms. The van der Waals surface area contributed by atoms with Crippen molar-refractivity contribution < 1.29 is 5.11 Å². The number of hydrogen-bond donors (Lipinski definition) is 3. The first-order valence-corrected chi connectivity index (χ1v) is 6.96. The van der Waals surface area contributed by atoms with E-state index in [0.29, 0.717) is 24.1 Å². The van der Waals surface area contributed by atoms with Crippen molar-refractivity contribution in [3.05, 3.63) is 11.4 Å². The number of rotatable bonds is 3. The SMILES string of the molecule is Cc1nc(N)c(C)c(NCC2(O)CCCC(C)C2)n1. The van der Waals surface area contributed by atoms with E-state index in [1.165, 1.54) is 6.42 Å². The topological polar surface area (TPSA) is 84.1 Å². The molecule has 0 radical (unpaired) electrons. The summed E-state index contributed by atoms with van der Waals surface area (Å²) in [5, 5.41) is 13.8. The van der Waals surface area contributed by atoms with Crippen molar-refractivity contribution in [3.8, 4) is 0 Å². The van der Waals surface area contributed by atoms with E-state index in [4.69, 9.17) is 5.73 Å². The number of nitrogens with two attached hydrogens (primary N) is 1. The van der Waals surface area contributed by atoms with Gasteiger partial charge in [0.15, 0.2) is 0 Å². The third-order valence-corrected chi connectivity index (χ3v) is 3.95. The van der Waals surface area contributed by atoms with E-state index < -0.39 is 5.60 Å². The Labute approximate surface area is 114 Å². The molecule has 0 aliphatic heterocycles. The number of aryl methyl sites for hydroxylation is 1. The number of nitrogens with one attached hydrogen (secondary N) is 1. The molecule has 1 aromatic rings. The second kappa shape index (κ2) is 5.33. The minimum atomic E-state index is -0.627. The van der Waals surface area contributed by atoms with Gasteiger partial charge in [-0.05, 0) is 32.6 Å². The van der Waals surface area contributed by atoms with Gasteiger partial charge in [0.1, 0.15) is 17.5 Å². The lowest BCUT2D eigenvalue weighted by Crippen LogP contribution is -2.41. The smallest absolute Gasteiger partial charge is 0.134 e. The molecule has 1 heterocycles. The molecule has 19 heavy (non-hydrogen) atoms. The fourth-order valence-electron chi connectivity index (χ4n) is 2.86. The van der Waals surface area contributed by atoms with Crippen LogP contribution in [0.3, 0.4) is 0 Å². The van der Waals surface area contributed by atoms with Gasteiger partial charge < -0.3 is 16.2 Å². The first kappa shape index (κ1) is 14.1. The quantitative estimate of drug-likeness (QED) is 0.778. The van der Waals surface area contributed by atoms with Crippen molar-refractivity contribution in [3.63, 3.8) is 0 Å². The van der Waals surface area contributed by atoms with E-state index in [-0.39, 0.29) is 0 Å². The Morgan fingerprint density at radius 2 is 2.16 bits per heavy atom. The van der Waals surface area contributed by atoms with Crippen molar-refractivity contribution in [2.24, 2.45) is 5.92 Å². The minimum absolute atomic E-state index is 0.499. The Hall–Kier alpha value is -1.36. The van der Waals surface area contributed by atoms with Crippen molar-refractivity contribution in [2.75, 3.05) is 17.6 Å². The molecular formula is C14H24N4O. The van der Waals surface area contributed by atoms with Gasteiger partial charge in [-0.15, -0.1) is 0 Å². The van der Waals surface area contributed by atoms with Gasteiger partial charge in [0.2, 0.25) is 0 Å². The van der Waals surface area contributed by atoms with Gasteiger partial charge in [-0.3, -0.25) is 0 Å². The van der Waals surface area contributed by atoms with Crippen LogP contribution in [0.5, 0.6) is 0 Å². The minimum Gasteiger partial charge on any atom is -0.388 e. The summed E-state index contributed by atoms with van der Waals surface area (Å²) in [6.07, 6.45) is 3.99. The Kier molecular flexibility index (Phi) is 3.94. The van der Waals surface area contributed by atoms with Crippen LogP contribution in [-0.4, -0.2) is 27.2 Å². The number of aromatic nitrogens is 2. The molecule has 2 unspecified atom stereocenters. The van der Waals surface area contributed by atoms with Crippen LogP contribution >= 0.6 is 0 Å². The van der Waals surface area contributed by atoms with E-state index in [9.17, 15) is 5.11 Å². The van der Waals surface area contributed by atoms with Gasteiger partial charge in [0, 0.05) is 12.1 Å². The number of anilines is 2. The predicted molar refractivity (Wildman–Crippen MR) is 77.0 cm³/mol. The zero-order valence-corrected chi connectivity index (χ0v) is 12.0. The summed E-state index contributed by atoms with van der Waals surface area (Å²) in [6, 6.07) is 0. The molecule has 0 amide bonds. The predicted octanol–water partition coefficient (Wildman–Crippen LogP) is 2.03. The van der Waals surface area contributed by atoms with Crippen LogP contribution in [0.1, 0.15) is 44.0 Å². The maximum absolute atomic E-state index is 10.6. The van der Waals surface area contributed by atoms with Crippen molar-refractivity contribution in [1.29, 1.82) is 0 Å². The lowest BCUT2D eigenvalue weighted by Gasteiger charge is -2.35. The summed E-state index contributed by atoms with van der Waals surface area (Å²) < 4.78 is 0. The average molecular weight is 264 g/mol. The largest absolute Gasteiger partial charge is 0.388 e. The number of nitrogens with zero attached hydrogens (tertiary/aromatic N) is 2. The van der Waals surface area contributed by atoms with Crippen molar-refractivity contribution in [1.82, 2.24) is 9.97 Å². The Morgan fingerprint density at radius 3 is 2.84 bits per heavy atom. The van der Waals surface area contributed by atoms with Gasteiger partial charge in [-0.2, -0.15) is 0 Å². The number of aliphatic hydroxyl groups is 1. The van der Waals surface area contributed by atoms with Crippen LogP contribution < -0.4 is 11.1 Å². The van der Waals surface area contributed by atoms with E-state index in [0.717, 1.165) is 30.6 Å². The van der Waals surface area contributed by atoms with Crippen LogP contribution in [-0.2, 0) is 0 Å². The molecule has 2 rings (SSSR count). The normalized spacial score (nSPS) is 27.3. The fraction of sp³-hybridized carbons (Fsp3) is 0.714. The summed E-state index contributed by atoms with van der Waals surface area (Å²) in [7, 11) is 0. The maximum Gasteiger partial charge on any atom is 0.134 e. The highest BCUT2D eigenvalue weighted by atomic mass is 16.3. The molecule has 0 spiro atoms. The van der Waals surface area contributed by atoms with Gasteiger partial charge in [0.05, 0.1) is 5.60 Å². The summed E-state index contributed by atoms with van der Waals surface area (Å²) >= 11 is 0. The Bertz CT molecular complexity index is 463. The summed E-state index contributed by atoms with van der Waals surface area (Å²) in [5.41, 5.74) is 6.05. The maximum atomic E-state index is 10.6. The number of nitrogen functional groups attached to an aromatic ring is 1. The second-order valence-corrected chi connectivity index (χ2v) is 5.91. The van der Waals surface area contributed by atoms with E-state index in [1.54, 1.807) is 0 Å². The van der Waals surface area contributed by atoms with E-state index in [1.807, 2.05) is 13.8 Å². The van der Waals surface area contributed by atoms with Crippen LogP contribution in [0.25, 0.3) is 0 Å². The second-order valence-electron chi connectivity index (χ2n) is 5.91. The van der Waals surface area contributed by atoms with Gasteiger partial charge in [-0.1, -0.05) is 19.8 Å². The Morgan fingerprint density at radius 1 is 1.42 bits per heavy atom. The molecule has 1 aromatic heterocycles. The summed E-state index contributed by atoms with van der Waals surface area (Å²) in [5.74, 6) is 2.46. The monoisotopic (exact) mass is 264 g/mol. The van der Waals surface area contributed by atoms with Gasteiger partial charge >= 0.3 is 0 Å². The standard InChI is InChI=1S/C14H24N4O/c1-9-5-4-6-14(19,7-9)8-16-13-10(2)12(15)17-11(3)18-13/h9,19H,4-8H2,1-3H3,(H3,15,16,17,18). The van der Waals surface area contributed by atoms with E-state index in [2.05, 4.69) is 22.2 Å². The van der Waals surface area contributed by atoms with Gasteiger partial charge in [-0.25, -0.2) is 9.97 Å². The van der Waals surface area contributed by atoms with Gasteiger partial charge in [0.25, 0.3) is 0 Å². The number of hydrogen-bond acceptors (Lipinski definition) is 5. The zero-order chi connectivity index (χ0) is 14.0. The molecule has 2 atom stereocenters. The van der Waals surface area contributed by atoms with Crippen molar-refractivity contribution in [2.45, 2.75) is 52.1 Å². The first-order valence-electron chi connectivity index (χ1n) is 6.96. The molecule has 1 aliphatic carbocycles. The Balaban J connectivity index is 2.06. The summed E-state index contributed by atoms with van der Waals surface area (Å²) in [6.45, 7) is 6.43. The van der Waals surface area contributed by atoms with Crippen LogP contribution in [0.2, 0.25) is 0 Å². The molecule has 106 valence electrons. The molecule has 1 fully saturated rings. The molecule has 4 N–H and O–H groups in total. The van der Waals surface area contributed by atoms with Crippen molar-refractivity contribution >= 4 is 11.6 Å². The van der Waals surface area contributed by atoms with Crippen LogP contribution in [0.15, 0.2) is 0 Å². The molecule has 1 aliphatic rings. The highest BCUT2D eigenvalue weighted by Crippen LogP contribution is 2.32. The molecule has 5 nitrogen and oxygen atoms in total. The lowest BCUT2D eigenvalue weighted by molar-refractivity contribution is -0.000838. The molecule has 0 saturated heterocycles. The highest BCUT2D eigenvalue weighted by Gasteiger charge is 2.32. The van der Waals surface area contributed by atoms with E-state index >= 15 is 0 Å². The molecule has 5 heteroatoms. The highest BCUT2D eigenvalue weighted by molar-refractivity contribution is 5.54.